The molecule has 0 radical (unpaired) electrons. The third-order valence-corrected chi connectivity index (χ3v) is 2.86. The molecule has 0 spiro atoms. The van der Waals surface area contributed by atoms with Gasteiger partial charge in [0.2, 0.25) is 0 Å². The van der Waals surface area contributed by atoms with Crippen molar-refractivity contribution in [1.29, 1.82) is 0 Å². The third kappa shape index (κ3) is 2.26. The van der Waals surface area contributed by atoms with Gasteiger partial charge in [-0.15, -0.1) is 0 Å². The third-order valence-electron chi connectivity index (χ3n) is 2.86. The van der Waals surface area contributed by atoms with E-state index in [1.807, 2.05) is 0 Å². The molecule has 2 unspecified atom stereocenters. The molecule has 0 N–H and O–H groups in total. The second-order valence-corrected chi connectivity index (χ2v) is 3.92. The molecule has 15 heavy (non-hydrogen) atoms. The number of hydrogen-bond donors (Lipinski definition) is 0. The van der Waals surface area contributed by atoms with Gasteiger partial charge in [-0.3, -0.25) is 14.5 Å². The number of rotatable bonds is 5. The quantitative estimate of drug-likeness (QED) is 0.498. The Morgan fingerprint density at radius 1 is 1.27 bits per heavy atom. The van der Waals surface area contributed by atoms with Gasteiger partial charge in [0.15, 0.2) is 0 Å². The molecule has 2 amide bonds. The van der Waals surface area contributed by atoms with Crippen LogP contribution in [0.4, 0.5) is 0 Å². The van der Waals surface area contributed by atoms with Crippen molar-refractivity contribution in [2.45, 2.75) is 38.4 Å². The maximum absolute atomic E-state index is 11.2. The van der Waals surface area contributed by atoms with E-state index in [2.05, 4.69) is 6.92 Å². The van der Waals surface area contributed by atoms with Crippen molar-refractivity contribution < 1.29 is 14.3 Å². The fourth-order valence-electron chi connectivity index (χ4n) is 1.89. The van der Waals surface area contributed by atoms with Crippen molar-refractivity contribution in [2.24, 2.45) is 0 Å². The second-order valence-electron chi connectivity index (χ2n) is 3.92. The van der Waals surface area contributed by atoms with Crippen molar-refractivity contribution in [1.82, 2.24) is 4.90 Å². The molecular formula is C11H15NO3. The summed E-state index contributed by atoms with van der Waals surface area (Å²) in [7, 11) is 0. The number of carbonyl (C=O) groups is 2. The minimum atomic E-state index is -0.191. The minimum Gasteiger partial charge on any atom is -0.370 e. The van der Waals surface area contributed by atoms with E-state index in [0.29, 0.717) is 18.8 Å². The zero-order valence-corrected chi connectivity index (χ0v) is 8.81. The summed E-state index contributed by atoms with van der Waals surface area (Å²) in [5.74, 6) is -0.382. The topological polar surface area (TPSA) is 49.9 Å². The first-order chi connectivity index (χ1) is 7.22. The summed E-state index contributed by atoms with van der Waals surface area (Å²) in [6.45, 7) is 2.61. The van der Waals surface area contributed by atoms with Crippen LogP contribution in [0.1, 0.15) is 26.2 Å². The van der Waals surface area contributed by atoms with Crippen LogP contribution in [0.2, 0.25) is 0 Å². The minimum absolute atomic E-state index is 0.191. The summed E-state index contributed by atoms with van der Waals surface area (Å²) < 4.78 is 5.38. The van der Waals surface area contributed by atoms with E-state index >= 15 is 0 Å². The molecule has 1 fully saturated rings. The van der Waals surface area contributed by atoms with E-state index in [1.54, 1.807) is 0 Å². The van der Waals surface area contributed by atoms with Gasteiger partial charge in [-0.05, 0) is 19.3 Å². The van der Waals surface area contributed by atoms with Gasteiger partial charge < -0.3 is 4.74 Å². The van der Waals surface area contributed by atoms with Gasteiger partial charge >= 0.3 is 0 Å². The molecule has 4 heteroatoms. The van der Waals surface area contributed by atoms with Crippen molar-refractivity contribution in [2.75, 3.05) is 6.54 Å². The van der Waals surface area contributed by atoms with E-state index < -0.39 is 0 Å². The van der Waals surface area contributed by atoms with Crippen LogP contribution < -0.4 is 0 Å². The molecule has 2 rings (SSSR count). The molecule has 2 atom stereocenters. The van der Waals surface area contributed by atoms with Crippen LogP contribution >= 0.6 is 0 Å². The summed E-state index contributed by atoms with van der Waals surface area (Å²) in [6, 6.07) is 0. The maximum atomic E-state index is 11.2. The van der Waals surface area contributed by atoms with Crippen LogP contribution in [0.25, 0.3) is 0 Å². The van der Waals surface area contributed by atoms with Gasteiger partial charge in [0, 0.05) is 18.7 Å². The van der Waals surface area contributed by atoms with Crippen LogP contribution in [-0.2, 0) is 14.3 Å². The molecule has 2 aliphatic heterocycles. The standard InChI is InChI=1S/C11H15NO3/c1-2-8-9(15-8)4-3-7-12-10(13)5-6-11(12)14/h5-6,8-9H,2-4,7H2,1H3. The lowest BCUT2D eigenvalue weighted by atomic mass is 10.1. The first-order valence-electron chi connectivity index (χ1n) is 5.41. The van der Waals surface area contributed by atoms with E-state index in [0.717, 1.165) is 19.3 Å². The molecule has 0 aromatic heterocycles. The fraction of sp³-hybridized carbons (Fsp3) is 0.636. The second kappa shape index (κ2) is 4.14. The van der Waals surface area contributed by atoms with Crippen LogP contribution in [-0.4, -0.2) is 35.5 Å². The Balaban J connectivity index is 1.66. The van der Waals surface area contributed by atoms with Gasteiger partial charge in [-0.1, -0.05) is 6.92 Å². The highest BCUT2D eigenvalue weighted by atomic mass is 16.6. The summed E-state index contributed by atoms with van der Waals surface area (Å²) in [4.78, 5) is 23.6. The van der Waals surface area contributed by atoms with E-state index in [1.165, 1.54) is 17.1 Å². The molecule has 0 aromatic carbocycles. The number of hydrogen-bond acceptors (Lipinski definition) is 3. The highest BCUT2D eigenvalue weighted by Gasteiger charge is 2.36. The van der Waals surface area contributed by atoms with Gasteiger partial charge in [-0.2, -0.15) is 0 Å². The highest BCUT2D eigenvalue weighted by Crippen LogP contribution is 2.29. The normalized spacial score (nSPS) is 29.0. The average molecular weight is 209 g/mol. The fourth-order valence-corrected chi connectivity index (χ4v) is 1.89. The highest BCUT2D eigenvalue weighted by molar-refractivity contribution is 6.12. The van der Waals surface area contributed by atoms with Crippen LogP contribution in [0, 0.1) is 0 Å². The van der Waals surface area contributed by atoms with E-state index in [-0.39, 0.29) is 11.8 Å². The summed E-state index contributed by atoms with van der Waals surface area (Å²) in [5, 5.41) is 0. The van der Waals surface area contributed by atoms with E-state index in [9.17, 15) is 9.59 Å². The van der Waals surface area contributed by atoms with Crippen molar-refractivity contribution in [3.63, 3.8) is 0 Å². The average Bonchev–Trinajstić information content (AvgIpc) is 2.92. The molecule has 82 valence electrons. The zero-order valence-electron chi connectivity index (χ0n) is 8.81. The monoisotopic (exact) mass is 209 g/mol. The van der Waals surface area contributed by atoms with Crippen LogP contribution in [0.5, 0.6) is 0 Å². The Kier molecular flexibility index (Phi) is 2.86. The number of amides is 2. The maximum Gasteiger partial charge on any atom is 0.253 e. The summed E-state index contributed by atoms with van der Waals surface area (Å²) in [5.41, 5.74) is 0. The molecular weight excluding hydrogens is 194 g/mol. The van der Waals surface area contributed by atoms with Crippen LogP contribution in [0.3, 0.4) is 0 Å². The lowest BCUT2D eigenvalue weighted by Gasteiger charge is -2.12. The van der Waals surface area contributed by atoms with Crippen molar-refractivity contribution in [3.8, 4) is 0 Å². The first-order valence-corrected chi connectivity index (χ1v) is 5.41. The predicted molar refractivity (Wildman–Crippen MR) is 54.0 cm³/mol. The van der Waals surface area contributed by atoms with Gasteiger partial charge in [0.05, 0.1) is 12.2 Å². The molecule has 0 aromatic rings. The van der Waals surface area contributed by atoms with Crippen molar-refractivity contribution in [3.05, 3.63) is 12.2 Å². The molecule has 4 nitrogen and oxygen atoms in total. The Hall–Kier alpha value is -1.16. The summed E-state index contributed by atoms with van der Waals surface area (Å²) in [6.07, 6.45) is 6.24. The number of imide groups is 1. The zero-order chi connectivity index (χ0) is 10.8. The Morgan fingerprint density at radius 2 is 1.93 bits per heavy atom. The van der Waals surface area contributed by atoms with Crippen molar-refractivity contribution >= 4 is 11.8 Å². The smallest absolute Gasteiger partial charge is 0.253 e. The van der Waals surface area contributed by atoms with Gasteiger partial charge in [-0.25, -0.2) is 0 Å². The molecule has 0 bridgehead atoms. The Morgan fingerprint density at radius 3 is 2.47 bits per heavy atom. The molecule has 2 aliphatic rings. The van der Waals surface area contributed by atoms with E-state index in [4.69, 9.17) is 4.74 Å². The number of nitrogens with zero attached hydrogens (tertiary/aromatic N) is 1. The Labute approximate surface area is 88.9 Å². The largest absolute Gasteiger partial charge is 0.370 e. The summed E-state index contributed by atoms with van der Waals surface area (Å²) >= 11 is 0. The number of carbonyl (C=O) groups excluding carboxylic acids is 2. The molecule has 1 saturated heterocycles. The lowest BCUT2D eigenvalue weighted by Crippen LogP contribution is -2.31. The number of epoxide rings is 1. The van der Waals surface area contributed by atoms with Crippen LogP contribution in [0.15, 0.2) is 12.2 Å². The predicted octanol–water partition coefficient (Wildman–Crippen LogP) is 0.869. The van der Waals surface area contributed by atoms with Gasteiger partial charge in [0.1, 0.15) is 0 Å². The number of ether oxygens (including phenoxy) is 1. The molecule has 0 aliphatic carbocycles. The molecule has 2 heterocycles. The van der Waals surface area contributed by atoms with Gasteiger partial charge in [0.25, 0.3) is 11.8 Å². The Bertz CT molecular complexity index is 293. The SMILES string of the molecule is CCC1OC1CCCN1C(=O)C=CC1=O. The lowest BCUT2D eigenvalue weighted by molar-refractivity contribution is -0.136. The first kappa shape index (κ1) is 10.4. The molecule has 0 saturated carbocycles.